The van der Waals surface area contributed by atoms with Crippen LogP contribution >= 0.6 is 11.3 Å². The summed E-state index contributed by atoms with van der Waals surface area (Å²) in [4.78, 5) is 12.7. The lowest BCUT2D eigenvalue weighted by atomic mass is 10.0. The van der Waals surface area contributed by atoms with Crippen molar-refractivity contribution in [1.29, 1.82) is 0 Å². The maximum Gasteiger partial charge on any atom is 0.191 e. The Bertz CT molecular complexity index is 762. The lowest BCUT2D eigenvalue weighted by Crippen LogP contribution is -2.36. The molecule has 1 aromatic carbocycles. The number of thiazole rings is 1. The van der Waals surface area contributed by atoms with E-state index in [1.54, 1.807) is 11.3 Å². The number of piperidine rings is 1. The van der Waals surface area contributed by atoms with Gasteiger partial charge in [0.15, 0.2) is 5.96 Å². The minimum atomic E-state index is 0.756. The van der Waals surface area contributed by atoms with Gasteiger partial charge in [-0.2, -0.15) is 0 Å². The van der Waals surface area contributed by atoms with Gasteiger partial charge in [0.05, 0.1) is 17.2 Å². The zero-order chi connectivity index (χ0) is 19.1. The van der Waals surface area contributed by atoms with Crippen LogP contribution in [0.4, 0.5) is 0 Å². The van der Waals surface area contributed by atoms with E-state index in [4.69, 9.17) is 0 Å². The summed E-state index contributed by atoms with van der Waals surface area (Å²) in [6.07, 6.45) is 4.03. The molecule has 27 heavy (non-hydrogen) atoms. The van der Waals surface area contributed by atoms with Crippen LogP contribution in [-0.4, -0.2) is 36.0 Å². The van der Waals surface area contributed by atoms with Crippen LogP contribution in [0.25, 0.3) is 0 Å². The fraction of sp³-hybridized carbons (Fsp3) is 0.524. The molecule has 1 aliphatic heterocycles. The molecule has 1 aromatic heterocycles. The molecule has 6 heteroatoms. The van der Waals surface area contributed by atoms with Crippen LogP contribution < -0.4 is 10.6 Å². The molecule has 1 saturated heterocycles. The van der Waals surface area contributed by atoms with Gasteiger partial charge in [-0.1, -0.05) is 30.7 Å². The van der Waals surface area contributed by atoms with Crippen LogP contribution in [0.5, 0.6) is 0 Å². The van der Waals surface area contributed by atoms with Gasteiger partial charge in [-0.05, 0) is 50.9 Å². The molecule has 0 unspecified atom stereocenters. The number of benzene rings is 1. The van der Waals surface area contributed by atoms with Crippen molar-refractivity contribution in [3.8, 4) is 0 Å². The van der Waals surface area contributed by atoms with Crippen LogP contribution in [0.3, 0.4) is 0 Å². The molecule has 2 N–H and O–H groups in total. The number of aryl methyl sites for hydroxylation is 2. The third-order valence-corrected chi connectivity index (χ3v) is 6.12. The third kappa shape index (κ3) is 5.78. The monoisotopic (exact) mass is 385 g/mol. The van der Waals surface area contributed by atoms with Gasteiger partial charge in [-0.3, -0.25) is 9.89 Å². The topological polar surface area (TPSA) is 52.6 Å². The van der Waals surface area contributed by atoms with Crippen molar-refractivity contribution in [2.24, 2.45) is 4.99 Å². The molecule has 0 spiro atoms. The van der Waals surface area contributed by atoms with Crippen molar-refractivity contribution in [2.45, 2.75) is 52.7 Å². The Morgan fingerprint density at radius 2 is 1.78 bits per heavy atom. The lowest BCUT2D eigenvalue weighted by Gasteiger charge is -2.27. The zero-order valence-corrected chi connectivity index (χ0v) is 17.5. The van der Waals surface area contributed by atoms with Gasteiger partial charge in [0.1, 0.15) is 0 Å². The first kappa shape index (κ1) is 19.8. The van der Waals surface area contributed by atoms with Crippen LogP contribution in [0.15, 0.2) is 29.3 Å². The van der Waals surface area contributed by atoms with Crippen molar-refractivity contribution in [1.82, 2.24) is 20.5 Å². The average molecular weight is 386 g/mol. The minimum Gasteiger partial charge on any atom is -0.352 e. The minimum absolute atomic E-state index is 0.756. The fourth-order valence-electron chi connectivity index (χ4n) is 3.54. The molecule has 0 bridgehead atoms. The summed E-state index contributed by atoms with van der Waals surface area (Å²) in [6.45, 7) is 9.14. The highest BCUT2D eigenvalue weighted by molar-refractivity contribution is 7.11. The first-order valence-corrected chi connectivity index (χ1v) is 10.6. The highest BCUT2D eigenvalue weighted by Gasteiger charge is 2.12. The number of guanidine groups is 1. The molecule has 1 fully saturated rings. The number of nitrogens with zero attached hydrogens (tertiary/aromatic N) is 3. The molecule has 0 saturated carbocycles. The summed E-state index contributed by atoms with van der Waals surface area (Å²) < 4.78 is 0. The quantitative estimate of drug-likeness (QED) is 0.589. The Balaban J connectivity index is 1.55. The van der Waals surface area contributed by atoms with Crippen molar-refractivity contribution in [2.75, 3.05) is 20.1 Å². The first-order valence-electron chi connectivity index (χ1n) is 9.82. The maximum atomic E-state index is 4.49. The SMILES string of the molecule is CN=C(NCc1ccccc1CN1CCCCC1)NCc1sc(C)nc1C. The molecule has 3 rings (SSSR count). The summed E-state index contributed by atoms with van der Waals surface area (Å²) in [5.41, 5.74) is 3.86. The summed E-state index contributed by atoms with van der Waals surface area (Å²) in [5, 5.41) is 7.98. The highest BCUT2D eigenvalue weighted by atomic mass is 32.1. The van der Waals surface area contributed by atoms with Gasteiger partial charge in [-0.25, -0.2) is 4.98 Å². The van der Waals surface area contributed by atoms with Gasteiger partial charge < -0.3 is 10.6 Å². The Morgan fingerprint density at radius 3 is 2.44 bits per heavy atom. The number of hydrogen-bond acceptors (Lipinski definition) is 4. The number of nitrogens with one attached hydrogen (secondary N) is 2. The van der Waals surface area contributed by atoms with Gasteiger partial charge in [0.25, 0.3) is 0 Å². The first-order chi connectivity index (χ1) is 13.2. The molecule has 146 valence electrons. The molecule has 0 amide bonds. The van der Waals surface area contributed by atoms with Gasteiger partial charge in [-0.15, -0.1) is 11.3 Å². The van der Waals surface area contributed by atoms with Gasteiger partial charge in [0, 0.05) is 25.0 Å². The van der Waals surface area contributed by atoms with E-state index in [-0.39, 0.29) is 0 Å². The van der Waals surface area contributed by atoms with E-state index < -0.39 is 0 Å². The predicted octanol–water partition coefficient (Wildman–Crippen LogP) is 3.61. The molecular weight excluding hydrogens is 354 g/mol. The van der Waals surface area contributed by atoms with E-state index in [9.17, 15) is 0 Å². The predicted molar refractivity (Wildman–Crippen MR) is 114 cm³/mol. The summed E-state index contributed by atoms with van der Waals surface area (Å²) in [6, 6.07) is 8.74. The molecule has 1 aliphatic rings. The fourth-order valence-corrected chi connectivity index (χ4v) is 4.42. The second kappa shape index (κ2) is 9.85. The van der Waals surface area contributed by atoms with Gasteiger partial charge in [0.2, 0.25) is 0 Å². The molecule has 0 aliphatic carbocycles. The van der Waals surface area contributed by atoms with E-state index in [1.165, 1.54) is 48.4 Å². The van der Waals surface area contributed by atoms with E-state index in [0.29, 0.717) is 0 Å². The van der Waals surface area contributed by atoms with E-state index in [0.717, 1.165) is 36.3 Å². The van der Waals surface area contributed by atoms with Crippen molar-refractivity contribution in [3.05, 3.63) is 51.0 Å². The van der Waals surface area contributed by atoms with E-state index >= 15 is 0 Å². The normalized spacial score (nSPS) is 15.7. The second-order valence-electron chi connectivity index (χ2n) is 7.13. The molecule has 2 heterocycles. The number of hydrogen-bond donors (Lipinski definition) is 2. The zero-order valence-electron chi connectivity index (χ0n) is 16.7. The molecule has 0 radical (unpaired) electrons. The standard InChI is InChI=1S/C21H31N5S/c1-16-20(27-17(2)25-16)14-24-21(22-3)23-13-18-9-5-6-10-19(18)15-26-11-7-4-8-12-26/h5-6,9-10H,4,7-8,11-15H2,1-3H3,(H2,22,23,24). The van der Waals surface area contributed by atoms with Crippen LogP contribution in [-0.2, 0) is 19.6 Å². The largest absolute Gasteiger partial charge is 0.352 e. The van der Waals surface area contributed by atoms with Crippen LogP contribution in [0.1, 0.15) is 46.0 Å². The lowest BCUT2D eigenvalue weighted by molar-refractivity contribution is 0.220. The number of likely N-dealkylation sites (tertiary alicyclic amines) is 1. The Hall–Kier alpha value is -1.92. The molecule has 5 nitrogen and oxygen atoms in total. The summed E-state index contributed by atoms with van der Waals surface area (Å²) >= 11 is 1.74. The molecule has 0 atom stereocenters. The number of aliphatic imine (C=N–C) groups is 1. The van der Waals surface area contributed by atoms with Crippen LogP contribution in [0, 0.1) is 13.8 Å². The smallest absolute Gasteiger partial charge is 0.191 e. The van der Waals surface area contributed by atoms with Gasteiger partial charge >= 0.3 is 0 Å². The van der Waals surface area contributed by atoms with Crippen molar-refractivity contribution < 1.29 is 0 Å². The maximum absolute atomic E-state index is 4.49. The van der Waals surface area contributed by atoms with E-state index in [2.05, 4.69) is 56.7 Å². The van der Waals surface area contributed by atoms with Crippen LogP contribution in [0.2, 0.25) is 0 Å². The summed E-state index contributed by atoms with van der Waals surface area (Å²) in [5.74, 6) is 0.827. The number of rotatable bonds is 6. The Morgan fingerprint density at radius 1 is 1.07 bits per heavy atom. The van der Waals surface area contributed by atoms with Crippen molar-refractivity contribution in [3.63, 3.8) is 0 Å². The molecular formula is C21H31N5S. The molecule has 2 aromatic rings. The Labute approximate surface area is 166 Å². The summed E-state index contributed by atoms with van der Waals surface area (Å²) in [7, 11) is 1.82. The average Bonchev–Trinajstić information content (AvgIpc) is 3.01. The third-order valence-electron chi connectivity index (χ3n) is 5.05. The van der Waals surface area contributed by atoms with Crippen molar-refractivity contribution >= 4 is 17.3 Å². The number of aromatic nitrogens is 1. The Kier molecular flexibility index (Phi) is 7.24. The highest BCUT2D eigenvalue weighted by Crippen LogP contribution is 2.17. The second-order valence-corrected chi connectivity index (χ2v) is 8.41. The van der Waals surface area contributed by atoms with E-state index in [1.807, 2.05) is 14.0 Å².